The van der Waals surface area contributed by atoms with E-state index in [-0.39, 0.29) is 0 Å². The topological polar surface area (TPSA) is 60.1 Å². The summed E-state index contributed by atoms with van der Waals surface area (Å²) >= 11 is 0. The molecular weight excluding hydrogens is 314 g/mol. The van der Waals surface area contributed by atoms with Crippen molar-refractivity contribution in [3.63, 3.8) is 0 Å². The molecule has 0 bridgehead atoms. The van der Waals surface area contributed by atoms with Gasteiger partial charge in [0.05, 0.1) is 19.3 Å². The lowest BCUT2D eigenvalue weighted by molar-refractivity contribution is -0.0390. The second kappa shape index (κ2) is 9.20. The van der Waals surface area contributed by atoms with Crippen molar-refractivity contribution in [2.75, 3.05) is 26.3 Å². The van der Waals surface area contributed by atoms with Crippen molar-refractivity contribution >= 4 is 5.96 Å². The number of hydrogen-bond donors (Lipinski definition) is 1. The number of aliphatic imine (C=N–C) groups is 1. The van der Waals surface area contributed by atoms with Crippen molar-refractivity contribution in [1.29, 1.82) is 0 Å². The third-order valence-electron chi connectivity index (χ3n) is 5.05. The van der Waals surface area contributed by atoms with E-state index in [2.05, 4.69) is 41.1 Å². The Morgan fingerprint density at radius 1 is 1.28 bits per heavy atom. The van der Waals surface area contributed by atoms with Crippen LogP contribution in [0.1, 0.15) is 43.7 Å². The van der Waals surface area contributed by atoms with E-state index in [4.69, 9.17) is 15.2 Å². The Morgan fingerprint density at radius 3 is 2.88 bits per heavy atom. The first-order valence-electron chi connectivity index (χ1n) is 9.53. The third kappa shape index (κ3) is 5.72. The normalized spacial score (nSPS) is 23.0. The van der Waals surface area contributed by atoms with E-state index in [1.54, 1.807) is 0 Å². The number of ether oxygens (including phenoxy) is 2. The van der Waals surface area contributed by atoms with Crippen LogP contribution in [-0.2, 0) is 22.6 Å². The molecule has 0 spiro atoms. The van der Waals surface area contributed by atoms with Gasteiger partial charge in [-0.05, 0) is 42.7 Å². The van der Waals surface area contributed by atoms with Crippen LogP contribution in [0, 0.1) is 5.92 Å². The number of hydrogen-bond acceptors (Lipinski definition) is 3. The number of piperidine rings is 1. The maximum absolute atomic E-state index is 6.19. The predicted molar refractivity (Wildman–Crippen MR) is 100 cm³/mol. The molecule has 2 N–H and O–H groups in total. The zero-order valence-electron chi connectivity index (χ0n) is 15.3. The van der Waals surface area contributed by atoms with Crippen LogP contribution in [-0.4, -0.2) is 43.3 Å². The summed E-state index contributed by atoms with van der Waals surface area (Å²) in [5, 5.41) is 0. The van der Waals surface area contributed by atoms with Crippen molar-refractivity contribution in [3.05, 3.63) is 35.4 Å². The highest BCUT2D eigenvalue weighted by molar-refractivity contribution is 5.78. The Bertz CT molecular complexity index is 570. The van der Waals surface area contributed by atoms with Gasteiger partial charge in [-0.2, -0.15) is 0 Å². The van der Waals surface area contributed by atoms with E-state index in [9.17, 15) is 0 Å². The molecule has 0 aliphatic carbocycles. The second-order valence-electron chi connectivity index (χ2n) is 7.31. The molecule has 0 aromatic heterocycles. The molecule has 138 valence electrons. The Morgan fingerprint density at radius 2 is 2.08 bits per heavy atom. The van der Waals surface area contributed by atoms with E-state index in [1.165, 1.54) is 24.0 Å². The quantitative estimate of drug-likeness (QED) is 0.658. The lowest BCUT2D eigenvalue weighted by atomic mass is 10.0. The first-order chi connectivity index (χ1) is 12.2. The standard InChI is InChI=1S/C20H31N3O2/c1-16-4-3-9-23(14-16)20(21)22-13-17-5-2-6-18(12-17)15-25-19-7-10-24-11-8-19/h2,5-6,12,16,19H,3-4,7-11,13-15H2,1H3,(H2,21,22). The summed E-state index contributed by atoms with van der Waals surface area (Å²) in [6, 6.07) is 8.47. The molecule has 2 aliphatic heterocycles. The summed E-state index contributed by atoms with van der Waals surface area (Å²) in [6.07, 6.45) is 4.81. The van der Waals surface area contributed by atoms with Crippen LogP contribution in [0.15, 0.2) is 29.3 Å². The highest BCUT2D eigenvalue weighted by atomic mass is 16.5. The molecule has 1 aromatic carbocycles. The molecule has 0 saturated carbocycles. The minimum absolute atomic E-state index is 0.326. The van der Waals surface area contributed by atoms with Crippen molar-refractivity contribution in [2.45, 2.75) is 51.9 Å². The molecule has 5 nitrogen and oxygen atoms in total. The molecule has 2 aliphatic rings. The monoisotopic (exact) mass is 345 g/mol. The summed E-state index contributed by atoms with van der Waals surface area (Å²) in [5.74, 6) is 1.38. The van der Waals surface area contributed by atoms with Crippen LogP contribution in [0.3, 0.4) is 0 Å². The Kier molecular flexibility index (Phi) is 6.70. The average Bonchev–Trinajstić information content (AvgIpc) is 2.66. The lowest BCUT2D eigenvalue weighted by Crippen LogP contribution is -2.43. The van der Waals surface area contributed by atoms with Gasteiger partial charge in [0, 0.05) is 26.3 Å². The number of benzene rings is 1. The van der Waals surface area contributed by atoms with Crippen LogP contribution in [0.2, 0.25) is 0 Å². The van der Waals surface area contributed by atoms with Crippen LogP contribution in [0.25, 0.3) is 0 Å². The number of likely N-dealkylation sites (tertiary alicyclic amines) is 1. The minimum Gasteiger partial charge on any atom is -0.381 e. The number of nitrogens with two attached hydrogens (primary N) is 1. The van der Waals surface area contributed by atoms with Crippen LogP contribution in [0.4, 0.5) is 0 Å². The minimum atomic E-state index is 0.326. The van der Waals surface area contributed by atoms with Gasteiger partial charge in [0.15, 0.2) is 5.96 Å². The molecule has 2 fully saturated rings. The van der Waals surface area contributed by atoms with E-state index >= 15 is 0 Å². The van der Waals surface area contributed by atoms with Crippen molar-refractivity contribution in [1.82, 2.24) is 4.90 Å². The van der Waals surface area contributed by atoms with Crippen LogP contribution in [0.5, 0.6) is 0 Å². The highest BCUT2D eigenvalue weighted by Crippen LogP contribution is 2.16. The van der Waals surface area contributed by atoms with Gasteiger partial charge in [-0.3, -0.25) is 0 Å². The summed E-state index contributed by atoms with van der Waals surface area (Å²) in [4.78, 5) is 6.82. The number of guanidine groups is 1. The van der Waals surface area contributed by atoms with Gasteiger partial charge in [-0.25, -0.2) is 4.99 Å². The van der Waals surface area contributed by atoms with E-state index in [1.807, 2.05) is 0 Å². The average molecular weight is 345 g/mol. The van der Waals surface area contributed by atoms with Crippen LogP contribution >= 0.6 is 0 Å². The molecule has 3 rings (SSSR count). The molecule has 0 radical (unpaired) electrons. The van der Waals surface area contributed by atoms with Gasteiger partial charge in [0.1, 0.15) is 0 Å². The van der Waals surface area contributed by atoms with Crippen molar-refractivity contribution in [2.24, 2.45) is 16.6 Å². The molecule has 1 unspecified atom stereocenters. The Balaban J connectivity index is 1.51. The summed E-state index contributed by atoms with van der Waals surface area (Å²) in [6.45, 7) is 7.24. The first-order valence-corrected chi connectivity index (χ1v) is 9.53. The molecule has 5 heteroatoms. The largest absolute Gasteiger partial charge is 0.381 e. The molecule has 2 heterocycles. The van der Waals surface area contributed by atoms with E-state index in [0.717, 1.165) is 39.1 Å². The lowest BCUT2D eigenvalue weighted by Gasteiger charge is -2.31. The molecule has 0 amide bonds. The van der Waals surface area contributed by atoms with Crippen LogP contribution < -0.4 is 5.73 Å². The third-order valence-corrected chi connectivity index (χ3v) is 5.05. The van der Waals surface area contributed by atoms with Gasteiger partial charge >= 0.3 is 0 Å². The predicted octanol–water partition coefficient (Wildman–Crippen LogP) is 2.93. The number of rotatable bonds is 5. The Hall–Kier alpha value is -1.59. The van der Waals surface area contributed by atoms with Gasteiger partial charge < -0.3 is 20.1 Å². The summed E-state index contributed by atoms with van der Waals surface area (Å²) in [7, 11) is 0. The fourth-order valence-electron chi connectivity index (χ4n) is 3.54. The maximum atomic E-state index is 6.19. The zero-order valence-corrected chi connectivity index (χ0v) is 15.3. The first kappa shape index (κ1) is 18.2. The second-order valence-corrected chi connectivity index (χ2v) is 7.31. The molecule has 2 saturated heterocycles. The fraction of sp³-hybridized carbons (Fsp3) is 0.650. The van der Waals surface area contributed by atoms with Crippen molar-refractivity contribution < 1.29 is 9.47 Å². The van der Waals surface area contributed by atoms with Crippen molar-refractivity contribution in [3.8, 4) is 0 Å². The number of nitrogens with zero attached hydrogens (tertiary/aromatic N) is 2. The van der Waals surface area contributed by atoms with Gasteiger partial charge in [-0.1, -0.05) is 31.2 Å². The van der Waals surface area contributed by atoms with E-state index < -0.39 is 0 Å². The van der Waals surface area contributed by atoms with Gasteiger partial charge in [-0.15, -0.1) is 0 Å². The summed E-state index contributed by atoms with van der Waals surface area (Å²) < 4.78 is 11.4. The Labute approximate surface area is 151 Å². The molecular formula is C20H31N3O2. The molecule has 25 heavy (non-hydrogen) atoms. The fourth-order valence-corrected chi connectivity index (χ4v) is 3.54. The zero-order chi connectivity index (χ0) is 17.5. The molecule has 1 atom stereocenters. The van der Waals surface area contributed by atoms with E-state index in [0.29, 0.717) is 31.1 Å². The van der Waals surface area contributed by atoms with Gasteiger partial charge in [0.25, 0.3) is 0 Å². The highest BCUT2D eigenvalue weighted by Gasteiger charge is 2.17. The van der Waals surface area contributed by atoms with Gasteiger partial charge in [0.2, 0.25) is 0 Å². The molecule has 1 aromatic rings. The SMILES string of the molecule is CC1CCCN(C(N)=NCc2cccc(COC3CCOCC3)c2)C1. The summed E-state index contributed by atoms with van der Waals surface area (Å²) in [5.41, 5.74) is 8.57. The maximum Gasteiger partial charge on any atom is 0.191 e. The smallest absolute Gasteiger partial charge is 0.191 e.